The van der Waals surface area contributed by atoms with Crippen LogP contribution in [-0.2, 0) is 11.3 Å². The summed E-state index contributed by atoms with van der Waals surface area (Å²) in [5.41, 5.74) is 5.28. The van der Waals surface area contributed by atoms with Gasteiger partial charge in [-0.25, -0.2) is 5.10 Å². The van der Waals surface area contributed by atoms with E-state index in [1.54, 1.807) is 42.5 Å². The van der Waals surface area contributed by atoms with Crippen molar-refractivity contribution in [3.63, 3.8) is 0 Å². The molecule has 3 N–H and O–H groups in total. The molecule has 0 aliphatic carbocycles. The van der Waals surface area contributed by atoms with Gasteiger partial charge in [0.1, 0.15) is 5.75 Å². The second-order valence-electron chi connectivity index (χ2n) is 6.02. The number of nitrogens with zero attached hydrogens (tertiary/aromatic N) is 1. The molecule has 0 saturated carbocycles. The van der Waals surface area contributed by atoms with Gasteiger partial charge in [-0.2, -0.15) is 5.10 Å². The summed E-state index contributed by atoms with van der Waals surface area (Å²) >= 11 is 0. The number of aromatic amines is 1. The van der Waals surface area contributed by atoms with E-state index in [9.17, 15) is 14.4 Å². The molecule has 9 heteroatoms. The monoisotopic (exact) mass is 396 g/mol. The summed E-state index contributed by atoms with van der Waals surface area (Å²) < 4.78 is 10.6. The molecule has 0 saturated heterocycles. The lowest BCUT2D eigenvalue weighted by Gasteiger charge is -2.12. The molecule has 0 spiro atoms. The summed E-state index contributed by atoms with van der Waals surface area (Å²) in [5.74, 6) is -0.579. The summed E-state index contributed by atoms with van der Waals surface area (Å²) in [6.07, 6.45) is 0. The number of rotatable bonds is 6. The fraction of sp³-hybridized carbons (Fsp3) is 0.200. The Morgan fingerprint density at radius 2 is 1.79 bits per heavy atom. The van der Waals surface area contributed by atoms with Gasteiger partial charge in [0, 0.05) is 23.1 Å². The van der Waals surface area contributed by atoms with Gasteiger partial charge in [0.05, 0.1) is 19.1 Å². The molecule has 3 rings (SSSR count). The zero-order chi connectivity index (χ0) is 20.8. The first-order valence-corrected chi connectivity index (χ1v) is 8.88. The van der Waals surface area contributed by atoms with E-state index in [1.807, 2.05) is 6.92 Å². The molecule has 3 aromatic rings. The number of hydrogen-bond acceptors (Lipinski definition) is 6. The highest BCUT2D eigenvalue weighted by atomic mass is 16.5. The highest BCUT2D eigenvalue weighted by Gasteiger charge is 2.16. The second-order valence-corrected chi connectivity index (χ2v) is 6.02. The molecule has 2 amide bonds. The SMILES string of the molecule is CCOCc1cc(C(=O)NNC(=O)c2n[nH]c(=O)c3ccccc23)ccc1OC. The van der Waals surface area contributed by atoms with E-state index < -0.39 is 17.4 Å². The minimum absolute atomic E-state index is 0.00716. The first-order chi connectivity index (χ1) is 14.0. The Hall–Kier alpha value is -3.72. The van der Waals surface area contributed by atoms with Gasteiger partial charge in [-0.3, -0.25) is 25.2 Å². The van der Waals surface area contributed by atoms with E-state index in [-0.39, 0.29) is 5.69 Å². The second kappa shape index (κ2) is 8.98. The van der Waals surface area contributed by atoms with Crippen LogP contribution in [0.5, 0.6) is 5.75 Å². The fourth-order valence-electron chi connectivity index (χ4n) is 2.78. The number of aromatic nitrogens is 2. The Morgan fingerprint density at radius 3 is 2.52 bits per heavy atom. The molecule has 150 valence electrons. The Balaban J connectivity index is 1.75. The molecule has 0 unspecified atom stereocenters. The Bertz CT molecular complexity index is 1110. The average molecular weight is 396 g/mol. The number of hydrazine groups is 1. The number of methoxy groups -OCH3 is 1. The average Bonchev–Trinajstić information content (AvgIpc) is 2.76. The van der Waals surface area contributed by atoms with Gasteiger partial charge in [-0.15, -0.1) is 0 Å². The van der Waals surface area contributed by atoms with Crippen molar-refractivity contribution < 1.29 is 19.1 Å². The number of carbonyl (C=O) groups is 2. The normalized spacial score (nSPS) is 10.6. The van der Waals surface area contributed by atoms with E-state index in [0.717, 1.165) is 0 Å². The van der Waals surface area contributed by atoms with Gasteiger partial charge < -0.3 is 9.47 Å². The van der Waals surface area contributed by atoms with Crippen molar-refractivity contribution in [3.05, 3.63) is 69.6 Å². The van der Waals surface area contributed by atoms with Crippen LogP contribution in [-0.4, -0.2) is 35.7 Å². The molecular formula is C20H20N4O5. The summed E-state index contributed by atoms with van der Waals surface area (Å²) in [7, 11) is 1.53. The van der Waals surface area contributed by atoms with E-state index in [4.69, 9.17) is 9.47 Å². The van der Waals surface area contributed by atoms with Crippen molar-refractivity contribution in [2.75, 3.05) is 13.7 Å². The van der Waals surface area contributed by atoms with Gasteiger partial charge in [0.2, 0.25) is 0 Å². The predicted octanol–water partition coefficient (Wildman–Crippen LogP) is 1.54. The summed E-state index contributed by atoms with van der Waals surface area (Å²) in [6, 6.07) is 11.4. The van der Waals surface area contributed by atoms with Gasteiger partial charge in [-0.05, 0) is 31.2 Å². The van der Waals surface area contributed by atoms with E-state index in [2.05, 4.69) is 21.0 Å². The minimum Gasteiger partial charge on any atom is -0.496 e. The van der Waals surface area contributed by atoms with Gasteiger partial charge in [-0.1, -0.05) is 18.2 Å². The molecule has 0 aliphatic heterocycles. The number of carbonyl (C=O) groups excluding carboxylic acids is 2. The number of ether oxygens (including phenoxy) is 2. The summed E-state index contributed by atoms with van der Waals surface area (Å²) in [6.45, 7) is 2.68. The van der Waals surface area contributed by atoms with Crippen LogP contribution in [0.15, 0.2) is 47.3 Å². The standard InChI is InChI=1S/C20H20N4O5/c1-3-29-11-13-10-12(8-9-16(13)28-2)18(25)22-24-20(27)17-14-6-4-5-7-15(14)19(26)23-21-17/h4-10H,3,11H2,1-2H3,(H,22,25)(H,23,26)(H,24,27). The predicted molar refractivity (Wildman–Crippen MR) is 106 cm³/mol. The van der Waals surface area contributed by atoms with Crippen LogP contribution in [0.1, 0.15) is 33.3 Å². The molecule has 0 radical (unpaired) electrons. The third kappa shape index (κ3) is 4.41. The van der Waals surface area contributed by atoms with Crippen molar-refractivity contribution >= 4 is 22.6 Å². The van der Waals surface area contributed by atoms with E-state index >= 15 is 0 Å². The van der Waals surface area contributed by atoms with Crippen LogP contribution in [0.3, 0.4) is 0 Å². The molecule has 29 heavy (non-hydrogen) atoms. The van der Waals surface area contributed by atoms with Gasteiger partial charge >= 0.3 is 0 Å². The Morgan fingerprint density at radius 1 is 1.07 bits per heavy atom. The molecular weight excluding hydrogens is 376 g/mol. The van der Waals surface area contributed by atoms with E-state index in [0.29, 0.717) is 40.9 Å². The number of nitrogens with one attached hydrogen (secondary N) is 3. The quantitative estimate of drug-likeness (QED) is 0.543. The first kappa shape index (κ1) is 20.0. The maximum absolute atomic E-state index is 12.5. The van der Waals surface area contributed by atoms with Crippen molar-refractivity contribution in [3.8, 4) is 5.75 Å². The molecule has 2 aromatic carbocycles. The third-order valence-corrected chi connectivity index (χ3v) is 4.20. The Labute approximate surface area is 166 Å². The molecule has 0 aliphatic rings. The number of benzene rings is 2. The van der Waals surface area contributed by atoms with Crippen molar-refractivity contribution in [2.24, 2.45) is 0 Å². The smallest absolute Gasteiger partial charge is 0.290 e. The van der Waals surface area contributed by atoms with Crippen LogP contribution in [0.2, 0.25) is 0 Å². The van der Waals surface area contributed by atoms with Gasteiger partial charge in [0.25, 0.3) is 17.4 Å². The number of amides is 2. The molecule has 9 nitrogen and oxygen atoms in total. The lowest BCUT2D eigenvalue weighted by molar-refractivity contribution is 0.0844. The molecule has 0 fully saturated rings. The van der Waals surface area contributed by atoms with Crippen LogP contribution >= 0.6 is 0 Å². The summed E-state index contributed by atoms with van der Waals surface area (Å²) in [4.78, 5) is 36.7. The van der Waals surface area contributed by atoms with Crippen LogP contribution < -0.4 is 21.1 Å². The maximum Gasteiger partial charge on any atom is 0.290 e. The van der Waals surface area contributed by atoms with Gasteiger partial charge in [0.15, 0.2) is 5.69 Å². The van der Waals surface area contributed by atoms with E-state index in [1.165, 1.54) is 7.11 Å². The van der Waals surface area contributed by atoms with Crippen molar-refractivity contribution in [1.29, 1.82) is 0 Å². The third-order valence-electron chi connectivity index (χ3n) is 4.20. The van der Waals surface area contributed by atoms with Crippen molar-refractivity contribution in [2.45, 2.75) is 13.5 Å². The minimum atomic E-state index is -0.658. The number of H-pyrrole nitrogens is 1. The lowest BCUT2D eigenvalue weighted by atomic mass is 10.1. The zero-order valence-electron chi connectivity index (χ0n) is 15.9. The molecule has 1 heterocycles. The lowest BCUT2D eigenvalue weighted by Crippen LogP contribution is -2.42. The fourth-order valence-corrected chi connectivity index (χ4v) is 2.78. The van der Waals surface area contributed by atoms with Crippen LogP contribution in [0.4, 0.5) is 0 Å². The summed E-state index contributed by atoms with van der Waals surface area (Å²) in [5, 5.41) is 6.78. The molecule has 1 aromatic heterocycles. The zero-order valence-corrected chi connectivity index (χ0v) is 15.9. The maximum atomic E-state index is 12.5. The first-order valence-electron chi connectivity index (χ1n) is 8.88. The number of fused-ring (bicyclic) bond motifs is 1. The van der Waals surface area contributed by atoms with Crippen LogP contribution in [0.25, 0.3) is 10.8 Å². The Kier molecular flexibility index (Phi) is 6.20. The van der Waals surface area contributed by atoms with Crippen LogP contribution in [0, 0.1) is 0 Å². The highest BCUT2D eigenvalue weighted by molar-refractivity contribution is 6.06. The topological polar surface area (TPSA) is 122 Å². The molecule has 0 atom stereocenters. The largest absolute Gasteiger partial charge is 0.496 e. The molecule has 0 bridgehead atoms. The van der Waals surface area contributed by atoms with Crippen molar-refractivity contribution in [1.82, 2.24) is 21.0 Å². The highest BCUT2D eigenvalue weighted by Crippen LogP contribution is 2.21. The number of hydrogen-bond donors (Lipinski definition) is 3.